The highest BCUT2D eigenvalue weighted by Gasteiger charge is 2.44. The summed E-state index contributed by atoms with van der Waals surface area (Å²) < 4.78 is 5.31. The molecule has 0 N–H and O–H groups in total. The lowest BCUT2D eigenvalue weighted by molar-refractivity contribution is 0.238. The van der Waals surface area contributed by atoms with Crippen molar-refractivity contribution in [1.29, 1.82) is 0 Å². The van der Waals surface area contributed by atoms with E-state index in [1.807, 2.05) is 0 Å². The summed E-state index contributed by atoms with van der Waals surface area (Å²) in [6, 6.07) is 0.303. The zero-order valence-electron chi connectivity index (χ0n) is 11.0. The van der Waals surface area contributed by atoms with Gasteiger partial charge in [0.2, 0.25) is 5.89 Å². The van der Waals surface area contributed by atoms with Crippen LogP contribution in [0.15, 0.2) is 4.52 Å². The van der Waals surface area contributed by atoms with Crippen molar-refractivity contribution in [2.24, 2.45) is 0 Å². The van der Waals surface area contributed by atoms with E-state index in [0.29, 0.717) is 12.0 Å². The number of halogens is 1. The Hall–Kier alpha value is -0.610. The van der Waals surface area contributed by atoms with E-state index in [1.165, 1.54) is 6.42 Å². The Labute approximate surface area is 113 Å². The topological polar surface area (TPSA) is 42.2 Å². The number of rotatable bonds is 4. The van der Waals surface area contributed by atoms with E-state index in [1.54, 1.807) is 0 Å². The summed E-state index contributed by atoms with van der Waals surface area (Å²) in [4.78, 5) is 6.99. The van der Waals surface area contributed by atoms with Gasteiger partial charge in [-0.15, -0.1) is 11.6 Å². The van der Waals surface area contributed by atoms with E-state index in [-0.39, 0.29) is 4.87 Å². The van der Waals surface area contributed by atoms with Crippen molar-refractivity contribution in [3.8, 4) is 0 Å². The van der Waals surface area contributed by atoms with E-state index in [4.69, 9.17) is 16.1 Å². The van der Waals surface area contributed by atoms with Crippen LogP contribution in [0.4, 0.5) is 0 Å². The van der Waals surface area contributed by atoms with Gasteiger partial charge in [-0.2, -0.15) is 4.98 Å². The van der Waals surface area contributed by atoms with Gasteiger partial charge in [0.25, 0.3) is 0 Å². The summed E-state index contributed by atoms with van der Waals surface area (Å²) in [5.41, 5.74) is 0. The third-order valence-corrected chi connectivity index (χ3v) is 4.39. The molecule has 1 saturated heterocycles. The van der Waals surface area contributed by atoms with Crippen LogP contribution < -0.4 is 0 Å². The van der Waals surface area contributed by atoms with Crippen LogP contribution in [0.25, 0.3) is 0 Å². The van der Waals surface area contributed by atoms with Crippen molar-refractivity contribution in [3.63, 3.8) is 0 Å². The molecule has 1 aromatic rings. The molecule has 18 heavy (non-hydrogen) atoms. The fraction of sp³-hybridized carbons (Fsp3) is 0.846. The maximum atomic E-state index is 6.43. The Bertz CT molecular complexity index is 428. The molecule has 2 fully saturated rings. The van der Waals surface area contributed by atoms with Crippen LogP contribution in [-0.2, 0) is 0 Å². The number of aromatic nitrogens is 2. The van der Waals surface area contributed by atoms with Crippen molar-refractivity contribution in [3.05, 3.63) is 11.7 Å². The first kappa shape index (κ1) is 12.4. The lowest BCUT2D eigenvalue weighted by atomic mass is 10.2. The third-order valence-electron chi connectivity index (χ3n) is 3.89. The van der Waals surface area contributed by atoms with Gasteiger partial charge >= 0.3 is 0 Å². The van der Waals surface area contributed by atoms with Crippen LogP contribution in [0.5, 0.6) is 0 Å². The van der Waals surface area contributed by atoms with Gasteiger partial charge in [-0.25, -0.2) is 0 Å². The fourth-order valence-electron chi connectivity index (χ4n) is 2.58. The Kier molecular flexibility index (Phi) is 3.10. The first-order valence-corrected chi connectivity index (χ1v) is 7.22. The molecule has 1 aliphatic heterocycles. The minimum absolute atomic E-state index is 0.0349. The highest BCUT2D eigenvalue weighted by Crippen LogP contribution is 2.45. The minimum Gasteiger partial charge on any atom is -0.339 e. The fourth-order valence-corrected chi connectivity index (χ4v) is 2.83. The summed E-state index contributed by atoms with van der Waals surface area (Å²) in [5.74, 6) is 1.88. The standard InChI is InChI=1S/C13H20ClN3O/c1-9(2)12-15-11(16-18-12)10-4-3-7-17(10)8-13(14)5-6-13/h9-10H,3-8H2,1-2H3. The van der Waals surface area contributed by atoms with Gasteiger partial charge in [0.05, 0.1) is 10.9 Å². The van der Waals surface area contributed by atoms with Crippen LogP contribution in [0, 0.1) is 0 Å². The van der Waals surface area contributed by atoms with Crippen LogP contribution in [0.3, 0.4) is 0 Å². The highest BCUT2D eigenvalue weighted by atomic mass is 35.5. The number of hydrogen-bond acceptors (Lipinski definition) is 4. The lowest BCUT2D eigenvalue weighted by Gasteiger charge is -2.24. The molecule has 2 aliphatic rings. The van der Waals surface area contributed by atoms with E-state index in [9.17, 15) is 0 Å². The summed E-state index contributed by atoms with van der Waals surface area (Å²) in [6.07, 6.45) is 4.59. The molecule has 1 aromatic heterocycles. The molecule has 0 amide bonds. The Balaban J connectivity index is 1.72. The number of likely N-dealkylation sites (tertiary alicyclic amines) is 1. The third kappa shape index (κ3) is 2.41. The first-order valence-electron chi connectivity index (χ1n) is 6.84. The number of nitrogens with zero attached hydrogens (tertiary/aromatic N) is 3. The van der Waals surface area contributed by atoms with Gasteiger partial charge in [0, 0.05) is 12.5 Å². The summed E-state index contributed by atoms with van der Waals surface area (Å²) in [6.45, 7) is 6.21. The monoisotopic (exact) mass is 269 g/mol. The molecule has 5 heteroatoms. The predicted octanol–water partition coefficient (Wildman–Crippen LogP) is 3.10. The molecule has 100 valence electrons. The highest BCUT2D eigenvalue weighted by molar-refractivity contribution is 6.26. The molecule has 1 saturated carbocycles. The summed E-state index contributed by atoms with van der Waals surface area (Å²) in [5, 5.41) is 4.15. The smallest absolute Gasteiger partial charge is 0.229 e. The Morgan fingerprint density at radius 3 is 2.89 bits per heavy atom. The van der Waals surface area contributed by atoms with Crippen LogP contribution in [0.2, 0.25) is 0 Å². The van der Waals surface area contributed by atoms with Gasteiger partial charge in [-0.05, 0) is 32.2 Å². The maximum absolute atomic E-state index is 6.43. The molecule has 4 nitrogen and oxygen atoms in total. The number of hydrogen-bond donors (Lipinski definition) is 0. The average molecular weight is 270 g/mol. The van der Waals surface area contributed by atoms with Gasteiger partial charge in [-0.3, -0.25) is 4.90 Å². The quantitative estimate of drug-likeness (QED) is 0.788. The van der Waals surface area contributed by atoms with Crippen LogP contribution >= 0.6 is 11.6 Å². The number of alkyl halides is 1. The second-order valence-electron chi connectivity index (χ2n) is 5.92. The SMILES string of the molecule is CC(C)c1nc(C2CCCN2CC2(Cl)CC2)no1. The first-order chi connectivity index (χ1) is 8.57. The van der Waals surface area contributed by atoms with Gasteiger partial charge in [0.15, 0.2) is 5.82 Å². The molecular weight excluding hydrogens is 250 g/mol. The molecule has 1 atom stereocenters. The second kappa shape index (κ2) is 4.49. The lowest BCUT2D eigenvalue weighted by Crippen LogP contribution is -2.31. The molecule has 0 bridgehead atoms. The minimum atomic E-state index is 0.0349. The largest absolute Gasteiger partial charge is 0.339 e. The molecular formula is C13H20ClN3O. The van der Waals surface area contributed by atoms with Crippen LogP contribution in [-0.4, -0.2) is 33.0 Å². The summed E-state index contributed by atoms with van der Waals surface area (Å²) >= 11 is 6.43. The van der Waals surface area contributed by atoms with Gasteiger partial charge in [0.1, 0.15) is 0 Å². The van der Waals surface area contributed by atoms with Crippen molar-refractivity contribution in [2.45, 2.75) is 56.4 Å². The normalized spacial score (nSPS) is 27.0. The van der Waals surface area contributed by atoms with Gasteiger partial charge in [-0.1, -0.05) is 19.0 Å². The molecule has 0 radical (unpaired) electrons. The van der Waals surface area contributed by atoms with E-state index >= 15 is 0 Å². The van der Waals surface area contributed by atoms with Crippen LogP contribution in [0.1, 0.15) is 63.2 Å². The van der Waals surface area contributed by atoms with Gasteiger partial charge < -0.3 is 4.52 Å². The van der Waals surface area contributed by atoms with Crippen molar-refractivity contribution >= 4 is 11.6 Å². The predicted molar refractivity (Wildman–Crippen MR) is 69.8 cm³/mol. The van der Waals surface area contributed by atoms with Crippen molar-refractivity contribution in [2.75, 3.05) is 13.1 Å². The maximum Gasteiger partial charge on any atom is 0.229 e. The van der Waals surface area contributed by atoms with E-state index < -0.39 is 0 Å². The zero-order valence-corrected chi connectivity index (χ0v) is 11.8. The Morgan fingerprint density at radius 1 is 1.50 bits per heavy atom. The van der Waals surface area contributed by atoms with Crippen molar-refractivity contribution < 1.29 is 4.52 Å². The Morgan fingerprint density at radius 2 is 2.28 bits per heavy atom. The molecule has 2 heterocycles. The molecule has 1 unspecified atom stereocenters. The molecule has 3 rings (SSSR count). The molecule has 1 aliphatic carbocycles. The second-order valence-corrected chi connectivity index (χ2v) is 6.73. The van der Waals surface area contributed by atoms with E-state index in [2.05, 4.69) is 28.9 Å². The van der Waals surface area contributed by atoms with E-state index in [0.717, 1.165) is 44.1 Å². The molecule has 0 spiro atoms. The zero-order chi connectivity index (χ0) is 12.8. The van der Waals surface area contributed by atoms with Crippen molar-refractivity contribution in [1.82, 2.24) is 15.0 Å². The average Bonchev–Trinajstić information content (AvgIpc) is 2.78. The molecule has 0 aromatic carbocycles. The summed E-state index contributed by atoms with van der Waals surface area (Å²) in [7, 11) is 0.